The van der Waals surface area contributed by atoms with Gasteiger partial charge in [-0.3, -0.25) is 9.78 Å². The second-order valence-corrected chi connectivity index (χ2v) is 3.75. The molecule has 0 aliphatic carbocycles. The number of rotatable bonds is 2. The standard InChI is InChI=1S/C10H8ClNO3/c1-5(13)2-6-3-7(11)9-8(4-6)15-10(14)12-9/h3-4H,2H2,1H3,(H,12,14). The van der Waals surface area contributed by atoms with E-state index in [9.17, 15) is 9.59 Å². The number of H-pyrrole nitrogens is 1. The highest BCUT2D eigenvalue weighted by Gasteiger charge is 2.08. The molecule has 0 saturated heterocycles. The van der Waals surface area contributed by atoms with Crippen molar-refractivity contribution in [2.24, 2.45) is 0 Å². The zero-order valence-corrected chi connectivity index (χ0v) is 8.72. The first-order chi connectivity index (χ1) is 7.06. The van der Waals surface area contributed by atoms with Crippen molar-refractivity contribution in [2.45, 2.75) is 13.3 Å². The van der Waals surface area contributed by atoms with Gasteiger partial charge in [-0.1, -0.05) is 11.6 Å². The SMILES string of the molecule is CC(=O)Cc1cc(Cl)c2[nH]c(=O)oc2c1. The Morgan fingerprint density at radius 1 is 1.53 bits per heavy atom. The van der Waals surface area contributed by atoms with Gasteiger partial charge in [0, 0.05) is 6.42 Å². The largest absolute Gasteiger partial charge is 0.417 e. The van der Waals surface area contributed by atoms with Gasteiger partial charge >= 0.3 is 5.76 Å². The topological polar surface area (TPSA) is 63.1 Å². The average Bonchev–Trinajstić information content (AvgIpc) is 2.44. The van der Waals surface area contributed by atoms with E-state index in [1.807, 2.05) is 0 Å². The summed E-state index contributed by atoms with van der Waals surface area (Å²) in [5.74, 6) is -0.518. The number of aromatic nitrogens is 1. The molecule has 0 radical (unpaired) electrons. The molecule has 1 heterocycles. The summed E-state index contributed by atoms with van der Waals surface area (Å²) in [7, 11) is 0. The van der Waals surface area contributed by atoms with Crippen LogP contribution in [-0.2, 0) is 11.2 Å². The minimum absolute atomic E-state index is 0.0308. The number of carbonyl (C=O) groups excluding carboxylic acids is 1. The van der Waals surface area contributed by atoms with Gasteiger partial charge < -0.3 is 4.42 Å². The molecule has 0 spiro atoms. The molecule has 1 aromatic heterocycles. The summed E-state index contributed by atoms with van der Waals surface area (Å²) in [6, 6.07) is 3.29. The fourth-order valence-corrected chi connectivity index (χ4v) is 1.73. The predicted molar refractivity (Wildman–Crippen MR) is 56.2 cm³/mol. The molecule has 78 valence electrons. The highest BCUT2D eigenvalue weighted by Crippen LogP contribution is 2.23. The zero-order valence-electron chi connectivity index (χ0n) is 7.96. The Balaban J connectivity index is 2.61. The predicted octanol–water partition coefficient (Wildman–Crippen LogP) is 1.91. The van der Waals surface area contributed by atoms with Crippen molar-refractivity contribution in [1.29, 1.82) is 0 Å². The first kappa shape index (κ1) is 9.98. The molecule has 0 fully saturated rings. The maximum Gasteiger partial charge on any atom is 0.417 e. The third kappa shape index (κ3) is 1.94. The molecule has 0 unspecified atom stereocenters. The lowest BCUT2D eigenvalue weighted by Gasteiger charge is -1.98. The van der Waals surface area contributed by atoms with E-state index in [1.54, 1.807) is 12.1 Å². The fourth-order valence-electron chi connectivity index (χ4n) is 1.45. The number of oxazole rings is 1. The molecular weight excluding hydrogens is 218 g/mol. The Morgan fingerprint density at radius 3 is 2.93 bits per heavy atom. The van der Waals surface area contributed by atoms with Gasteiger partial charge in [0.15, 0.2) is 5.58 Å². The Bertz CT molecular complexity index is 582. The van der Waals surface area contributed by atoms with Crippen LogP contribution in [0.3, 0.4) is 0 Å². The van der Waals surface area contributed by atoms with E-state index in [2.05, 4.69) is 4.98 Å². The fraction of sp³-hybridized carbons (Fsp3) is 0.200. The van der Waals surface area contributed by atoms with Crippen LogP contribution in [0, 0.1) is 0 Å². The van der Waals surface area contributed by atoms with Gasteiger partial charge in [0.1, 0.15) is 11.3 Å². The van der Waals surface area contributed by atoms with Crippen molar-refractivity contribution < 1.29 is 9.21 Å². The maximum absolute atomic E-state index is 10.9. The molecule has 0 aliphatic heterocycles. The molecule has 2 aromatic rings. The van der Waals surface area contributed by atoms with E-state index in [0.29, 0.717) is 16.1 Å². The van der Waals surface area contributed by atoms with Crippen molar-refractivity contribution in [3.63, 3.8) is 0 Å². The molecule has 0 atom stereocenters. The Kier molecular flexibility index (Phi) is 2.36. The lowest BCUT2D eigenvalue weighted by atomic mass is 10.1. The molecule has 2 rings (SSSR count). The number of nitrogens with one attached hydrogen (secondary N) is 1. The highest BCUT2D eigenvalue weighted by atomic mass is 35.5. The summed E-state index contributed by atoms with van der Waals surface area (Å²) in [4.78, 5) is 24.3. The normalized spacial score (nSPS) is 10.8. The van der Waals surface area contributed by atoms with Crippen molar-refractivity contribution in [3.05, 3.63) is 33.3 Å². The molecule has 0 saturated carbocycles. The van der Waals surface area contributed by atoms with E-state index < -0.39 is 5.76 Å². The second kappa shape index (κ2) is 3.55. The lowest BCUT2D eigenvalue weighted by molar-refractivity contribution is -0.116. The van der Waals surface area contributed by atoms with E-state index in [1.165, 1.54) is 6.92 Å². The van der Waals surface area contributed by atoms with Gasteiger partial charge in [-0.05, 0) is 24.6 Å². The van der Waals surface area contributed by atoms with Gasteiger partial charge in [-0.15, -0.1) is 0 Å². The van der Waals surface area contributed by atoms with Crippen LogP contribution < -0.4 is 5.76 Å². The van der Waals surface area contributed by atoms with Crippen LogP contribution in [0.4, 0.5) is 0 Å². The number of carbonyl (C=O) groups is 1. The summed E-state index contributed by atoms with van der Waals surface area (Å²) < 4.78 is 4.86. The number of fused-ring (bicyclic) bond motifs is 1. The van der Waals surface area contributed by atoms with E-state index >= 15 is 0 Å². The summed E-state index contributed by atoms with van der Waals surface area (Å²) >= 11 is 5.92. The smallest absolute Gasteiger partial charge is 0.408 e. The van der Waals surface area contributed by atoms with Gasteiger partial charge in [-0.2, -0.15) is 0 Å². The first-order valence-corrected chi connectivity index (χ1v) is 4.75. The van der Waals surface area contributed by atoms with Gasteiger partial charge in [0.25, 0.3) is 0 Å². The monoisotopic (exact) mass is 225 g/mol. The number of benzene rings is 1. The van der Waals surface area contributed by atoms with Crippen molar-refractivity contribution in [3.8, 4) is 0 Å². The summed E-state index contributed by atoms with van der Waals surface area (Å²) in [5.41, 5.74) is 1.58. The number of hydrogen-bond donors (Lipinski definition) is 1. The van der Waals surface area contributed by atoms with Gasteiger partial charge in [-0.25, -0.2) is 4.79 Å². The number of hydrogen-bond acceptors (Lipinski definition) is 3. The van der Waals surface area contributed by atoms with Crippen LogP contribution in [0.1, 0.15) is 12.5 Å². The number of halogens is 1. The minimum atomic E-state index is -0.549. The number of aromatic amines is 1. The van der Waals surface area contributed by atoms with Crippen molar-refractivity contribution >= 4 is 28.5 Å². The van der Waals surface area contributed by atoms with Crippen molar-refractivity contribution in [2.75, 3.05) is 0 Å². The molecule has 0 bridgehead atoms. The maximum atomic E-state index is 10.9. The average molecular weight is 226 g/mol. The van der Waals surface area contributed by atoms with E-state index in [-0.39, 0.29) is 12.2 Å². The number of Topliss-reactive ketones (excluding diaryl/α,β-unsaturated/α-hetero) is 1. The molecule has 4 nitrogen and oxygen atoms in total. The second-order valence-electron chi connectivity index (χ2n) is 3.34. The molecule has 0 amide bonds. The Morgan fingerprint density at radius 2 is 2.27 bits per heavy atom. The Labute approximate surface area is 89.8 Å². The van der Waals surface area contributed by atoms with Crippen LogP contribution in [0.25, 0.3) is 11.1 Å². The molecule has 5 heteroatoms. The zero-order chi connectivity index (χ0) is 11.0. The molecular formula is C10H8ClNO3. The van der Waals surface area contributed by atoms with E-state index in [0.717, 1.165) is 5.56 Å². The van der Waals surface area contributed by atoms with Crippen LogP contribution >= 0.6 is 11.6 Å². The summed E-state index contributed by atoms with van der Waals surface area (Å²) in [6.45, 7) is 1.49. The molecule has 15 heavy (non-hydrogen) atoms. The quantitative estimate of drug-likeness (QED) is 0.849. The van der Waals surface area contributed by atoms with Crippen LogP contribution in [-0.4, -0.2) is 10.8 Å². The highest BCUT2D eigenvalue weighted by molar-refractivity contribution is 6.34. The van der Waals surface area contributed by atoms with Crippen molar-refractivity contribution in [1.82, 2.24) is 4.98 Å². The summed E-state index contributed by atoms with van der Waals surface area (Å²) in [5, 5.41) is 0.384. The van der Waals surface area contributed by atoms with Gasteiger partial charge in [0.05, 0.1) is 5.02 Å². The molecule has 0 aliphatic rings. The van der Waals surface area contributed by atoms with Crippen LogP contribution in [0.15, 0.2) is 21.3 Å². The first-order valence-electron chi connectivity index (χ1n) is 4.37. The molecule has 1 aromatic carbocycles. The van der Waals surface area contributed by atoms with E-state index in [4.69, 9.17) is 16.0 Å². The van der Waals surface area contributed by atoms with Crippen LogP contribution in [0.2, 0.25) is 5.02 Å². The Hall–Kier alpha value is -1.55. The number of ketones is 1. The van der Waals surface area contributed by atoms with Crippen LogP contribution in [0.5, 0.6) is 0 Å². The van der Waals surface area contributed by atoms with Gasteiger partial charge in [0.2, 0.25) is 0 Å². The third-order valence-electron chi connectivity index (χ3n) is 2.00. The summed E-state index contributed by atoms with van der Waals surface area (Å²) in [6.07, 6.45) is 0.282. The lowest BCUT2D eigenvalue weighted by Crippen LogP contribution is -1.95. The third-order valence-corrected chi connectivity index (χ3v) is 2.29. The minimum Gasteiger partial charge on any atom is -0.408 e. The molecule has 1 N–H and O–H groups in total.